The van der Waals surface area contributed by atoms with Crippen molar-refractivity contribution in [2.24, 2.45) is 0 Å². The molecule has 5 heteroatoms. The number of hydrogen-bond acceptors (Lipinski definition) is 2. The van der Waals surface area contributed by atoms with Gasteiger partial charge in [-0.3, -0.25) is 4.98 Å². The minimum atomic E-state index is -1.33. The summed E-state index contributed by atoms with van der Waals surface area (Å²) < 4.78 is 14.5. The van der Waals surface area contributed by atoms with Crippen molar-refractivity contribution in [3.63, 3.8) is 0 Å². The fourth-order valence-electron chi connectivity index (χ4n) is 2.08. The lowest BCUT2D eigenvalue weighted by molar-refractivity contribution is 0.116. The van der Waals surface area contributed by atoms with Gasteiger partial charge in [-0.1, -0.05) is 11.6 Å². The summed E-state index contributed by atoms with van der Waals surface area (Å²) in [4.78, 5) is 4.13. The summed E-state index contributed by atoms with van der Waals surface area (Å²) in [6, 6.07) is 1.76. The first-order valence-corrected chi connectivity index (χ1v) is 5.52. The topological polar surface area (TPSA) is 24.9 Å². The molecule has 0 spiro atoms. The molecule has 0 radical (unpaired) electrons. The van der Waals surface area contributed by atoms with Crippen molar-refractivity contribution in [3.8, 4) is 0 Å². The average Bonchev–Trinajstić information content (AvgIpc) is 2.18. The predicted molar refractivity (Wildman–Crippen MR) is 66.1 cm³/mol. The zero-order chi connectivity index (χ0) is 10.9. The van der Waals surface area contributed by atoms with Gasteiger partial charge in [0.05, 0.1) is 10.7 Å². The molecule has 1 aliphatic heterocycles. The Hall–Kier alpha value is -0.380. The molecule has 1 saturated heterocycles. The van der Waals surface area contributed by atoms with E-state index in [2.05, 4.69) is 10.3 Å². The van der Waals surface area contributed by atoms with E-state index in [9.17, 15) is 4.39 Å². The third-order valence-electron chi connectivity index (χ3n) is 2.80. The van der Waals surface area contributed by atoms with Crippen LogP contribution in [-0.2, 0) is 5.67 Å². The zero-order valence-corrected chi connectivity index (χ0v) is 10.7. The summed E-state index contributed by atoms with van der Waals surface area (Å²) in [6.45, 7) is 3.09. The van der Waals surface area contributed by atoms with Crippen molar-refractivity contribution in [1.82, 2.24) is 10.3 Å². The lowest BCUT2D eigenvalue weighted by Gasteiger charge is -2.30. The van der Waals surface area contributed by atoms with E-state index in [1.807, 2.05) is 6.92 Å². The van der Waals surface area contributed by atoms with Crippen LogP contribution in [0.5, 0.6) is 0 Å². The minimum Gasteiger partial charge on any atom is -0.313 e. The molecule has 1 N–H and O–H groups in total. The van der Waals surface area contributed by atoms with Gasteiger partial charge in [-0.25, -0.2) is 4.39 Å². The number of hydrogen-bond donors (Lipinski definition) is 1. The fourth-order valence-corrected chi connectivity index (χ4v) is 2.29. The van der Waals surface area contributed by atoms with Crippen LogP contribution in [0.4, 0.5) is 4.39 Å². The molecular formula is C11H15Cl2FN2. The molecule has 1 atom stereocenters. The van der Waals surface area contributed by atoms with Crippen LogP contribution in [0, 0.1) is 6.92 Å². The van der Waals surface area contributed by atoms with Gasteiger partial charge in [0, 0.05) is 12.7 Å². The minimum absolute atomic E-state index is 0. The van der Waals surface area contributed by atoms with Gasteiger partial charge in [-0.2, -0.15) is 0 Å². The van der Waals surface area contributed by atoms with E-state index in [0.29, 0.717) is 23.7 Å². The average molecular weight is 265 g/mol. The van der Waals surface area contributed by atoms with Crippen LogP contribution in [0.15, 0.2) is 12.3 Å². The lowest BCUT2D eigenvalue weighted by atomic mass is 9.90. The van der Waals surface area contributed by atoms with Crippen LogP contribution in [0.3, 0.4) is 0 Å². The van der Waals surface area contributed by atoms with Crippen LogP contribution in [-0.4, -0.2) is 18.1 Å². The highest BCUT2D eigenvalue weighted by atomic mass is 35.5. The number of aromatic nitrogens is 1. The number of piperidine rings is 1. The highest BCUT2D eigenvalue weighted by Crippen LogP contribution is 2.33. The smallest absolute Gasteiger partial charge is 0.165 e. The van der Waals surface area contributed by atoms with Crippen LogP contribution in [0.25, 0.3) is 0 Å². The molecule has 0 bridgehead atoms. The van der Waals surface area contributed by atoms with Gasteiger partial charge in [-0.15, -0.1) is 12.4 Å². The summed E-state index contributed by atoms with van der Waals surface area (Å²) in [6.07, 6.45) is 2.90. The molecule has 2 heterocycles. The maximum atomic E-state index is 14.5. The number of halogens is 3. The predicted octanol–water partition coefficient (Wildman–Crippen LogP) is 3.01. The summed E-state index contributed by atoms with van der Waals surface area (Å²) in [5, 5.41) is 3.63. The van der Waals surface area contributed by atoms with E-state index in [0.717, 1.165) is 18.5 Å². The molecule has 1 unspecified atom stereocenters. The van der Waals surface area contributed by atoms with Crippen molar-refractivity contribution in [1.29, 1.82) is 0 Å². The normalized spacial score (nSPS) is 24.9. The molecule has 90 valence electrons. The van der Waals surface area contributed by atoms with Gasteiger partial charge in [0.1, 0.15) is 0 Å². The highest BCUT2D eigenvalue weighted by Gasteiger charge is 2.36. The van der Waals surface area contributed by atoms with E-state index in [4.69, 9.17) is 11.6 Å². The van der Waals surface area contributed by atoms with Gasteiger partial charge in [-0.05, 0) is 37.9 Å². The largest absolute Gasteiger partial charge is 0.313 e. The van der Waals surface area contributed by atoms with Crippen LogP contribution >= 0.6 is 24.0 Å². The molecule has 0 aromatic carbocycles. The Labute approximate surface area is 106 Å². The first-order valence-electron chi connectivity index (χ1n) is 5.14. The summed E-state index contributed by atoms with van der Waals surface area (Å²) in [7, 11) is 0. The lowest BCUT2D eigenvalue weighted by Crippen LogP contribution is -2.41. The second-order valence-electron chi connectivity index (χ2n) is 4.06. The number of rotatable bonds is 1. The Kier molecular flexibility index (Phi) is 4.53. The second kappa shape index (κ2) is 5.30. The molecule has 2 rings (SSSR count). The molecular weight excluding hydrogens is 250 g/mol. The first-order chi connectivity index (χ1) is 7.12. The molecule has 16 heavy (non-hydrogen) atoms. The maximum absolute atomic E-state index is 14.5. The van der Waals surface area contributed by atoms with Gasteiger partial charge in [0.15, 0.2) is 5.67 Å². The Bertz CT molecular complexity index is 365. The standard InChI is InChI=1S/C11H14ClFN2.ClH/c1-8-5-9(12)6-15-10(8)11(13)3-2-4-14-7-11;/h5-6,14H,2-4,7H2,1H3;1H. The van der Waals surface area contributed by atoms with Crippen molar-refractivity contribution < 1.29 is 4.39 Å². The van der Waals surface area contributed by atoms with E-state index >= 15 is 0 Å². The molecule has 0 amide bonds. The van der Waals surface area contributed by atoms with Gasteiger partial charge < -0.3 is 5.32 Å². The summed E-state index contributed by atoms with van der Waals surface area (Å²) in [5.74, 6) is 0. The zero-order valence-electron chi connectivity index (χ0n) is 9.09. The number of nitrogens with one attached hydrogen (secondary N) is 1. The Balaban J connectivity index is 0.00000128. The van der Waals surface area contributed by atoms with Crippen LogP contribution in [0.2, 0.25) is 5.02 Å². The summed E-state index contributed by atoms with van der Waals surface area (Å²) in [5.41, 5.74) is 0.0280. The molecule has 1 aromatic rings. The number of nitrogens with zero attached hydrogens (tertiary/aromatic N) is 1. The molecule has 0 saturated carbocycles. The van der Waals surface area contributed by atoms with Crippen LogP contribution < -0.4 is 5.32 Å². The van der Waals surface area contributed by atoms with Crippen LogP contribution in [0.1, 0.15) is 24.1 Å². The Morgan fingerprint density at radius 1 is 1.56 bits per heavy atom. The SMILES string of the molecule is Cc1cc(Cl)cnc1C1(F)CCCNC1.Cl. The monoisotopic (exact) mass is 264 g/mol. The first kappa shape index (κ1) is 13.7. The number of pyridine rings is 1. The summed E-state index contributed by atoms with van der Waals surface area (Å²) >= 11 is 5.80. The van der Waals surface area contributed by atoms with E-state index in [1.54, 1.807) is 6.07 Å². The quantitative estimate of drug-likeness (QED) is 0.844. The van der Waals surface area contributed by atoms with Gasteiger partial charge >= 0.3 is 0 Å². The fraction of sp³-hybridized carbons (Fsp3) is 0.545. The van der Waals surface area contributed by atoms with E-state index < -0.39 is 5.67 Å². The molecule has 1 aromatic heterocycles. The van der Waals surface area contributed by atoms with Crippen molar-refractivity contribution in [2.75, 3.05) is 13.1 Å². The maximum Gasteiger partial charge on any atom is 0.165 e. The van der Waals surface area contributed by atoms with Crippen molar-refractivity contribution in [2.45, 2.75) is 25.4 Å². The molecule has 2 nitrogen and oxygen atoms in total. The van der Waals surface area contributed by atoms with E-state index in [-0.39, 0.29) is 12.4 Å². The van der Waals surface area contributed by atoms with Crippen molar-refractivity contribution >= 4 is 24.0 Å². The molecule has 1 fully saturated rings. The highest BCUT2D eigenvalue weighted by molar-refractivity contribution is 6.30. The third kappa shape index (κ3) is 2.65. The van der Waals surface area contributed by atoms with E-state index in [1.165, 1.54) is 6.20 Å². The molecule has 0 aliphatic carbocycles. The Morgan fingerprint density at radius 2 is 2.31 bits per heavy atom. The van der Waals surface area contributed by atoms with Gasteiger partial charge in [0.2, 0.25) is 0 Å². The third-order valence-corrected chi connectivity index (χ3v) is 3.01. The second-order valence-corrected chi connectivity index (χ2v) is 4.50. The number of alkyl halides is 1. The Morgan fingerprint density at radius 3 is 2.88 bits per heavy atom. The van der Waals surface area contributed by atoms with Crippen molar-refractivity contribution in [3.05, 3.63) is 28.5 Å². The van der Waals surface area contributed by atoms with Gasteiger partial charge in [0.25, 0.3) is 0 Å². The number of aryl methyl sites for hydroxylation is 1. The molecule has 1 aliphatic rings.